The zero-order valence-corrected chi connectivity index (χ0v) is 11.6. The van der Waals surface area contributed by atoms with E-state index in [0.29, 0.717) is 5.41 Å². The molecule has 0 spiro atoms. The van der Waals surface area contributed by atoms with Gasteiger partial charge in [0.2, 0.25) is 0 Å². The molecule has 1 fully saturated rings. The molecule has 0 atom stereocenters. The first-order valence-electron chi connectivity index (χ1n) is 7.08. The molecular formula is C16H23NO2. The van der Waals surface area contributed by atoms with Gasteiger partial charge in [0, 0.05) is 13.1 Å². The fraction of sp³-hybridized carbons (Fsp3) is 0.562. The van der Waals surface area contributed by atoms with Crippen LogP contribution in [-0.2, 0) is 17.8 Å². The van der Waals surface area contributed by atoms with Crippen LogP contribution in [0.2, 0.25) is 0 Å². The van der Waals surface area contributed by atoms with Gasteiger partial charge in [0.1, 0.15) is 0 Å². The summed E-state index contributed by atoms with van der Waals surface area (Å²) in [6.45, 7) is 4.30. The van der Waals surface area contributed by atoms with E-state index in [0.717, 1.165) is 18.7 Å². The molecule has 0 radical (unpaired) electrons. The maximum absolute atomic E-state index is 10.6. The minimum Gasteiger partial charge on any atom is -0.481 e. The van der Waals surface area contributed by atoms with E-state index in [2.05, 4.69) is 12.2 Å². The van der Waals surface area contributed by atoms with Gasteiger partial charge in [-0.05, 0) is 29.4 Å². The van der Waals surface area contributed by atoms with Gasteiger partial charge in [-0.25, -0.2) is 0 Å². The molecule has 1 saturated carbocycles. The SMILES string of the molecule is CC1(CNCc2ccc(CC(=O)O)cc2)CCCC1. The fourth-order valence-corrected chi connectivity index (χ4v) is 2.86. The van der Waals surface area contributed by atoms with E-state index in [1.165, 1.54) is 31.2 Å². The summed E-state index contributed by atoms with van der Waals surface area (Å²) in [5.41, 5.74) is 2.55. The monoisotopic (exact) mass is 261 g/mol. The van der Waals surface area contributed by atoms with Crippen LogP contribution in [0.1, 0.15) is 43.7 Å². The zero-order chi connectivity index (χ0) is 13.7. The molecule has 0 aliphatic heterocycles. The molecule has 2 rings (SSSR count). The second-order valence-electron chi connectivity index (χ2n) is 6.01. The molecule has 3 nitrogen and oxygen atoms in total. The summed E-state index contributed by atoms with van der Waals surface area (Å²) in [6.07, 6.45) is 5.49. The summed E-state index contributed by atoms with van der Waals surface area (Å²) in [4.78, 5) is 10.6. The molecule has 1 aliphatic carbocycles. The fourth-order valence-electron chi connectivity index (χ4n) is 2.86. The molecule has 0 saturated heterocycles. The third kappa shape index (κ3) is 4.35. The molecule has 19 heavy (non-hydrogen) atoms. The largest absolute Gasteiger partial charge is 0.481 e. The van der Waals surface area contributed by atoms with E-state index in [1.54, 1.807) is 0 Å². The smallest absolute Gasteiger partial charge is 0.307 e. The first kappa shape index (κ1) is 14.1. The van der Waals surface area contributed by atoms with Crippen LogP contribution in [0.5, 0.6) is 0 Å². The van der Waals surface area contributed by atoms with Gasteiger partial charge in [-0.3, -0.25) is 4.79 Å². The molecule has 0 heterocycles. The molecule has 0 unspecified atom stereocenters. The van der Waals surface area contributed by atoms with Crippen molar-refractivity contribution in [3.05, 3.63) is 35.4 Å². The summed E-state index contributed by atoms with van der Waals surface area (Å²) >= 11 is 0. The lowest BCUT2D eigenvalue weighted by atomic mass is 9.89. The van der Waals surface area contributed by atoms with Crippen molar-refractivity contribution in [3.8, 4) is 0 Å². The number of carbonyl (C=O) groups is 1. The Morgan fingerprint density at radius 2 is 1.79 bits per heavy atom. The van der Waals surface area contributed by atoms with Gasteiger partial charge < -0.3 is 10.4 Å². The Bertz CT molecular complexity index is 419. The Balaban J connectivity index is 1.78. The van der Waals surface area contributed by atoms with E-state index in [4.69, 9.17) is 5.11 Å². The quantitative estimate of drug-likeness (QED) is 0.827. The van der Waals surface area contributed by atoms with Crippen LogP contribution in [0.25, 0.3) is 0 Å². The van der Waals surface area contributed by atoms with Crippen molar-refractivity contribution in [1.82, 2.24) is 5.32 Å². The normalized spacial score (nSPS) is 17.5. The predicted octanol–water partition coefficient (Wildman–Crippen LogP) is 2.98. The summed E-state index contributed by atoms with van der Waals surface area (Å²) in [5, 5.41) is 12.2. The maximum Gasteiger partial charge on any atom is 0.307 e. The lowest BCUT2D eigenvalue weighted by Crippen LogP contribution is -2.29. The van der Waals surface area contributed by atoms with Crippen molar-refractivity contribution in [2.45, 2.75) is 45.6 Å². The highest BCUT2D eigenvalue weighted by atomic mass is 16.4. The van der Waals surface area contributed by atoms with E-state index in [9.17, 15) is 4.79 Å². The van der Waals surface area contributed by atoms with Crippen molar-refractivity contribution < 1.29 is 9.90 Å². The van der Waals surface area contributed by atoms with Gasteiger partial charge in [0.05, 0.1) is 6.42 Å². The molecule has 0 bridgehead atoms. The molecule has 1 aliphatic rings. The lowest BCUT2D eigenvalue weighted by molar-refractivity contribution is -0.136. The van der Waals surface area contributed by atoms with Gasteiger partial charge >= 0.3 is 5.97 Å². The standard InChI is InChI=1S/C16H23NO2/c1-16(8-2-3-9-16)12-17-11-14-6-4-13(5-7-14)10-15(18)19/h4-7,17H,2-3,8-12H2,1H3,(H,18,19). The number of carboxylic acid groups (broad SMARTS) is 1. The number of nitrogens with one attached hydrogen (secondary N) is 1. The second kappa shape index (κ2) is 6.20. The Kier molecular flexibility index (Phi) is 4.59. The Labute approximate surface area is 115 Å². The minimum absolute atomic E-state index is 0.103. The van der Waals surface area contributed by atoms with E-state index in [-0.39, 0.29) is 6.42 Å². The number of aliphatic carboxylic acids is 1. The van der Waals surface area contributed by atoms with Crippen LogP contribution in [0.4, 0.5) is 0 Å². The predicted molar refractivity (Wildman–Crippen MR) is 76.1 cm³/mol. The van der Waals surface area contributed by atoms with Crippen molar-refractivity contribution in [2.75, 3.05) is 6.54 Å². The van der Waals surface area contributed by atoms with Crippen LogP contribution >= 0.6 is 0 Å². The van der Waals surface area contributed by atoms with Crippen LogP contribution in [-0.4, -0.2) is 17.6 Å². The van der Waals surface area contributed by atoms with Crippen LogP contribution in [0.15, 0.2) is 24.3 Å². The summed E-state index contributed by atoms with van der Waals surface area (Å²) in [7, 11) is 0. The first-order chi connectivity index (χ1) is 9.07. The van der Waals surface area contributed by atoms with Gasteiger partial charge in [0.25, 0.3) is 0 Å². The number of rotatable bonds is 6. The average molecular weight is 261 g/mol. The molecule has 104 valence electrons. The zero-order valence-electron chi connectivity index (χ0n) is 11.6. The topological polar surface area (TPSA) is 49.3 Å². The van der Waals surface area contributed by atoms with Crippen molar-refractivity contribution in [1.29, 1.82) is 0 Å². The highest BCUT2D eigenvalue weighted by Gasteiger charge is 2.27. The Hall–Kier alpha value is -1.35. The Morgan fingerprint density at radius 3 is 2.37 bits per heavy atom. The highest BCUT2D eigenvalue weighted by Crippen LogP contribution is 2.36. The molecule has 1 aromatic carbocycles. The maximum atomic E-state index is 10.6. The lowest BCUT2D eigenvalue weighted by Gasteiger charge is -2.23. The van der Waals surface area contributed by atoms with Gasteiger partial charge in [-0.2, -0.15) is 0 Å². The van der Waals surface area contributed by atoms with Gasteiger partial charge in [-0.15, -0.1) is 0 Å². The minimum atomic E-state index is -0.778. The van der Waals surface area contributed by atoms with E-state index >= 15 is 0 Å². The van der Waals surface area contributed by atoms with Gasteiger partial charge in [0.15, 0.2) is 0 Å². The molecular weight excluding hydrogens is 238 g/mol. The number of hydrogen-bond donors (Lipinski definition) is 2. The molecule has 0 aromatic heterocycles. The number of carboxylic acids is 1. The molecule has 2 N–H and O–H groups in total. The van der Waals surface area contributed by atoms with Crippen LogP contribution in [0.3, 0.4) is 0 Å². The third-order valence-corrected chi connectivity index (χ3v) is 4.07. The Morgan fingerprint density at radius 1 is 1.21 bits per heavy atom. The van der Waals surface area contributed by atoms with Gasteiger partial charge in [-0.1, -0.05) is 44.0 Å². The van der Waals surface area contributed by atoms with Crippen molar-refractivity contribution >= 4 is 5.97 Å². The van der Waals surface area contributed by atoms with Crippen LogP contribution in [0, 0.1) is 5.41 Å². The number of hydrogen-bond acceptors (Lipinski definition) is 2. The molecule has 1 aromatic rings. The average Bonchev–Trinajstić information content (AvgIpc) is 2.78. The van der Waals surface area contributed by atoms with E-state index in [1.807, 2.05) is 24.3 Å². The molecule has 3 heteroatoms. The van der Waals surface area contributed by atoms with Crippen LogP contribution < -0.4 is 5.32 Å². The highest BCUT2D eigenvalue weighted by molar-refractivity contribution is 5.70. The van der Waals surface area contributed by atoms with Crippen molar-refractivity contribution in [3.63, 3.8) is 0 Å². The summed E-state index contributed by atoms with van der Waals surface area (Å²) in [5.74, 6) is -0.778. The second-order valence-corrected chi connectivity index (χ2v) is 6.01. The summed E-state index contributed by atoms with van der Waals surface area (Å²) in [6, 6.07) is 7.84. The third-order valence-electron chi connectivity index (χ3n) is 4.07. The van der Waals surface area contributed by atoms with E-state index < -0.39 is 5.97 Å². The van der Waals surface area contributed by atoms with Crippen molar-refractivity contribution in [2.24, 2.45) is 5.41 Å². The molecule has 0 amide bonds. The first-order valence-corrected chi connectivity index (χ1v) is 7.08. The number of benzene rings is 1. The summed E-state index contributed by atoms with van der Waals surface area (Å²) < 4.78 is 0.